The Morgan fingerprint density at radius 3 is 2.75 bits per heavy atom. The number of nitrogens with zero attached hydrogens (tertiary/aromatic N) is 4. The summed E-state index contributed by atoms with van der Waals surface area (Å²) in [4.78, 5) is 32.5. The van der Waals surface area contributed by atoms with Crippen molar-refractivity contribution < 1.29 is 14.0 Å². The molecule has 7 heteroatoms. The van der Waals surface area contributed by atoms with Gasteiger partial charge < -0.3 is 18.8 Å². The zero-order valence-electron chi connectivity index (χ0n) is 14.4. The van der Waals surface area contributed by atoms with E-state index in [1.54, 1.807) is 30.0 Å². The summed E-state index contributed by atoms with van der Waals surface area (Å²) in [5.74, 6) is 1.08. The Kier molecular flexibility index (Phi) is 4.17. The van der Waals surface area contributed by atoms with Gasteiger partial charge in [0.05, 0.1) is 24.4 Å². The van der Waals surface area contributed by atoms with Crippen LogP contribution in [0.5, 0.6) is 0 Å². The van der Waals surface area contributed by atoms with Crippen LogP contribution in [0, 0.1) is 6.92 Å². The van der Waals surface area contributed by atoms with Crippen molar-refractivity contribution in [2.24, 2.45) is 0 Å². The summed E-state index contributed by atoms with van der Waals surface area (Å²) in [7, 11) is 3.46. The SMILES string of the molecule is Cc1ccoc1C(=O)N1CCn2cc(CC(=O)N(C)C)nc2C1C. The molecule has 0 bridgehead atoms. The molecule has 0 spiro atoms. The van der Waals surface area contributed by atoms with Crippen LogP contribution in [0.2, 0.25) is 0 Å². The van der Waals surface area contributed by atoms with Crippen molar-refractivity contribution >= 4 is 11.8 Å². The summed E-state index contributed by atoms with van der Waals surface area (Å²) in [6, 6.07) is 1.62. The predicted molar refractivity (Wildman–Crippen MR) is 87.5 cm³/mol. The van der Waals surface area contributed by atoms with Crippen molar-refractivity contribution in [3.63, 3.8) is 0 Å². The van der Waals surface area contributed by atoms with Crippen LogP contribution in [0.3, 0.4) is 0 Å². The van der Waals surface area contributed by atoms with Gasteiger partial charge in [-0.15, -0.1) is 0 Å². The first-order valence-corrected chi connectivity index (χ1v) is 7.99. The molecule has 2 aromatic heterocycles. The molecule has 2 amide bonds. The average Bonchev–Trinajstić information content (AvgIpc) is 3.13. The van der Waals surface area contributed by atoms with Gasteiger partial charge in [0.2, 0.25) is 5.91 Å². The Bertz CT molecular complexity index is 775. The van der Waals surface area contributed by atoms with Gasteiger partial charge in [-0.05, 0) is 19.9 Å². The highest BCUT2D eigenvalue weighted by atomic mass is 16.3. The maximum atomic E-state index is 12.7. The third-order valence-electron chi connectivity index (χ3n) is 4.43. The molecule has 3 rings (SSSR count). The molecule has 128 valence electrons. The zero-order chi connectivity index (χ0) is 17.4. The number of rotatable bonds is 3. The van der Waals surface area contributed by atoms with Crippen LogP contribution in [0.1, 0.15) is 40.6 Å². The van der Waals surface area contributed by atoms with E-state index in [9.17, 15) is 9.59 Å². The van der Waals surface area contributed by atoms with Crippen molar-refractivity contribution in [1.29, 1.82) is 0 Å². The molecule has 3 heterocycles. The van der Waals surface area contributed by atoms with Crippen LogP contribution in [0.4, 0.5) is 0 Å². The van der Waals surface area contributed by atoms with Crippen molar-refractivity contribution in [2.45, 2.75) is 32.9 Å². The largest absolute Gasteiger partial charge is 0.459 e. The molecule has 0 saturated heterocycles. The number of carbonyl (C=O) groups excluding carboxylic acids is 2. The van der Waals surface area contributed by atoms with E-state index < -0.39 is 0 Å². The lowest BCUT2D eigenvalue weighted by Gasteiger charge is -2.33. The number of fused-ring (bicyclic) bond motifs is 1. The van der Waals surface area contributed by atoms with E-state index >= 15 is 0 Å². The van der Waals surface area contributed by atoms with Gasteiger partial charge in [0.25, 0.3) is 5.91 Å². The molecule has 0 saturated carbocycles. The number of aromatic nitrogens is 2. The number of amides is 2. The highest BCUT2D eigenvalue weighted by Gasteiger charge is 2.32. The first-order chi connectivity index (χ1) is 11.4. The summed E-state index contributed by atoms with van der Waals surface area (Å²) >= 11 is 0. The maximum Gasteiger partial charge on any atom is 0.290 e. The average molecular weight is 330 g/mol. The molecule has 24 heavy (non-hydrogen) atoms. The van der Waals surface area contributed by atoms with Crippen LogP contribution in [-0.2, 0) is 17.8 Å². The summed E-state index contributed by atoms with van der Waals surface area (Å²) < 4.78 is 7.36. The van der Waals surface area contributed by atoms with Crippen LogP contribution >= 0.6 is 0 Å². The molecule has 1 unspecified atom stereocenters. The molecule has 0 fully saturated rings. The second-order valence-corrected chi connectivity index (χ2v) is 6.36. The van der Waals surface area contributed by atoms with E-state index in [0.717, 1.165) is 17.1 Å². The minimum Gasteiger partial charge on any atom is -0.459 e. The van der Waals surface area contributed by atoms with E-state index in [0.29, 0.717) is 18.8 Å². The van der Waals surface area contributed by atoms with Crippen LogP contribution in [0.15, 0.2) is 22.9 Å². The zero-order valence-corrected chi connectivity index (χ0v) is 14.4. The Morgan fingerprint density at radius 1 is 1.38 bits per heavy atom. The lowest BCUT2D eigenvalue weighted by atomic mass is 10.1. The number of imidazole rings is 1. The van der Waals surface area contributed by atoms with Crippen molar-refractivity contribution in [3.8, 4) is 0 Å². The maximum absolute atomic E-state index is 12.7. The predicted octanol–water partition coefficient (Wildman–Crippen LogP) is 1.63. The Balaban J connectivity index is 1.81. The van der Waals surface area contributed by atoms with Gasteiger partial charge in [0, 0.05) is 38.9 Å². The number of hydrogen-bond acceptors (Lipinski definition) is 4. The summed E-state index contributed by atoms with van der Waals surface area (Å²) in [5.41, 5.74) is 1.57. The minimum atomic E-state index is -0.168. The standard InChI is InChI=1S/C17H22N4O3/c1-11-5-8-24-15(11)17(23)21-7-6-20-10-13(9-14(22)19(3)4)18-16(20)12(21)2/h5,8,10,12H,6-7,9H2,1-4H3. The van der Waals surface area contributed by atoms with Crippen LogP contribution in [-0.4, -0.2) is 51.8 Å². The van der Waals surface area contributed by atoms with E-state index in [-0.39, 0.29) is 24.3 Å². The van der Waals surface area contributed by atoms with E-state index in [2.05, 4.69) is 4.98 Å². The number of furan rings is 1. The van der Waals surface area contributed by atoms with E-state index in [1.165, 1.54) is 6.26 Å². The fourth-order valence-electron chi connectivity index (χ4n) is 2.95. The van der Waals surface area contributed by atoms with Crippen molar-refractivity contribution in [1.82, 2.24) is 19.4 Å². The van der Waals surface area contributed by atoms with Crippen molar-refractivity contribution in [2.75, 3.05) is 20.6 Å². The second kappa shape index (κ2) is 6.14. The Morgan fingerprint density at radius 2 is 2.12 bits per heavy atom. The molecule has 2 aromatic rings. The smallest absolute Gasteiger partial charge is 0.290 e. The fourth-order valence-corrected chi connectivity index (χ4v) is 2.95. The van der Waals surface area contributed by atoms with E-state index in [4.69, 9.17) is 4.42 Å². The summed E-state index contributed by atoms with van der Waals surface area (Å²) in [6.07, 6.45) is 3.71. The first-order valence-electron chi connectivity index (χ1n) is 7.99. The quantitative estimate of drug-likeness (QED) is 0.857. The molecule has 1 aliphatic heterocycles. The van der Waals surface area contributed by atoms with Gasteiger partial charge in [0.15, 0.2) is 5.76 Å². The number of likely N-dealkylation sites (N-methyl/N-ethyl adjacent to an activating group) is 1. The molecular weight excluding hydrogens is 308 g/mol. The highest BCUT2D eigenvalue weighted by Crippen LogP contribution is 2.27. The van der Waals surface area contributed by atoms with Gasteiger partial charge in [0.1, 0.15) is 5.82 Å². The molecule has 1 aliphatic rings. The Hall–Kier alpha value is -2.57. The number of carbonyl (C=O) groups is 2. The fraction of sp³-hybridized carbons (Fsp3) is 0.471. The normalized spacial score (nSPS) is 16.8. The molecule has 1 atom stereocenters. The third-order valence-corrected chi connectivity index (χ3v) is 4.43. The van der Waals surface area contributed by atoms with Crippen LogP contribution < -0.4 is 0 Å². The molecular formula is C17H22N4O3. The summed E-state index contributed by atoms with van der Waals surface area (Å²) in [5, 5.41) is 0. The molecule has 0 N–H and O–H groups in total. The van der Waals surface area contributed by atoms with Gasteiger partial charge in [-0.2, -0.15) is 0 Å². The molecule has 0 radical (unpaired) electrons. The first kappa shape index (κ1) is 16.3. The lowest BCUT2D eigenvalue weighted by molar-refractivity contribution is -0.128. The van der Waals surface area contributed by atoms with Gasteiger partial charge in [-0.3, -0.25) is 9.59 Å². The number of hydrogen-bond donors (Lipinski definition) is 0. The van der Waals surface area contributed by atoms with Gasteiger partial charge >= 0.3 is 0 Å². The molecule has 0 aliphatic carbocycles. The lowest BCUT2D eigenvalue weighted by Crippen LogP contribution is -2.41. The molecule has 0 aromatic carbocycles. The summed E-state index contributed by atoms with van der Waals surface area (Å²) in [6.45, 7) is 5.06. The van der Waals surface area contributed by atoms with Crippen molar-refractivity contribution in [3.05, 3.63) is 41.4 Å². The Labute approximate surface area is 140 Å². The van der Waals surface area contributed by atoms with Gasteiger partial charge in [-0.1, -0.05) is 0 Å². The van der Waals surface area contributed by atoms with E-state index in [1.807, 2.05) is 24.6 Å². The highest BCUT2D eigenvalue weighted by molar-refractivity contribution is 5.93. The monoisotopic (exact) mass is 330 g/mol. The van der Waals surface area contributed by atoms with Crippen LogP contribution in [0.25, 0.3) is 0 Å². The molecule has 7 nitrogen and oxygen atoms in total. The number of aryl methyl sites for hydroxylation is 1. The second-order valence-electron chi connectivity index (χ2n) is 6.36. The van der Waals surface area contributed by atoms with Gasteiger partial charge in [-0.25, -0.2) is 4.98 Å². The third kappa shape index (κ3) is 2.81. The minimum absolute atomic E-state index is 0.0113. The topological polar surface area (TPSA) is 71.6 Å².